The highest BCUT2D eigenvalue weighted by Crippen LogP contribution is 2.40. The second-order valence-electron chi connectivity index (χ2n) is 7.07. The van der Waals surface area contributed by atoms with Crippen molar-refractivity contribution in [3.8, 4) is 28.6 Å². The summed E-state index contributed by atoms with van der Waals surface area (Å²) in [5.41, 5.74) is 2.70. The summed E-state index contributed by atoms with van der Waals surface area (Å²) in [6.07, 6.45) is 3.67. The number of benzene rings is 2. The molecule has 2 heterocycles. The van der Waals surface area contributed by atoms with Crippen LogP contribution in [-0.2, 0) is 6.42 Å². The Bertz CT molecular complexity index is 1250. The van der Waals surface area contributed by atoms with E-state index in [9.17, 15) is 4.79 Å². The molecule has 2 aromatic heterocycles. The fraction of sp³-hybridized carbons (Fsp3) is 0.167. The van der Waals surface area contributed by atoms with Crippen molar-refractivity contribution in [1.29, 1.82) is 0 Å². The maximum atomic E-state index is 12.7. The molecule has 0 radical (unpaired) electrons. The maximum Gasteiger partial charge on any atom is 0.323 e. The van der Waals surface area contributed by atoms with Gasteiger partial charge in [0.1, 0.15) is 0 Å². The highest BCUT2D eigenvalue weighted by molar-refractivity contribution is 6.00. The molecule has 10 nitrogen and oxygen atoms in total. The Morgan fingerprint density at radius 2 is 1.65 bits per heavy atom. The summed E-state index contributed by atoms with van der Waals surface area (Å²) in [5, 5.41) is 9.67. The van der Waals surface area contributed by atoms with E-state index < -0.39 is 6.03 Å². The summed E-state index contributed by atoms with van der Waals surface area (Å²) in [4.78, 5) is 21.2. The van der Waals surface area contributed by atoms with Crippen LogP contribution in [0, 0.1) is 0 Å². The van der Waals surface area contributed by atoms with Crippen molar-refractivity contribution < 1.29 is 23.5 Å². The van der Waals surface area contributed by atoms with Crippen LogP contribution in [0.3, 0.4) is 0 Å². The van der Waals surface area contributed by atoms with Crippen molar-refractivity contribution in [2.24, 2.45) is 0 Å². The second kappa shape index (κ2) is 10.3. The molecule has 2 aromatic carbocycles. The Kier molecular flexibility index (Phi) is 6.87. The summed E-state index contributed by atoms with van der Waals surface area (Å²) >= 11 is 0. The summed E-state index contributed by atoms with van der Waals surface area (Å²) in [6, 6.07) is 13.8. The number of amides is 2. The first-order valence-corrected chi connectivity index (χ1v) is 10.3. The van der Waals surface area contributed by atoms with E-state index in [1.54, 1.807) is 42.7 Å². The molecule has 4 rings (SSSR count). The number of para-hydroxylation sites is 1. The van der Waals surface area contributed by atoms with E-state index in [0.29, 0.717) is 46.8 Å². The van der Waals surface area contributed by atoms with Gasteiger partial charge in [0.2, 0.25) is 17.5 Å². The van der Waals surface area contributed by atoms with Crippen molar-refractivity contribution in [3.05, 3.63) is 72.4 Å². The zero-order valence-corrected chi connectivity index (χ0v) is 18.9. The molecule has 2 amide bonds. The van der Waals surface area contributed by atoms with Crippen LogP contribution in [0.15, 0.2) is 65.4 Å². The predicted octanol–water partition coefficient (Wildman–Crippen LogP) is 4.39. The third kappa shape index (κ3) is 5.07. The molecule has 0 aliphatic carbocycles. The van der Waals surface area contributed by atoms with Gasteiger partial charge in [-0.3, -0.25) is 4.98 Å². The fourth-order valence-electron chi connectivity index (χ4n) is 3.34. The number of nitrogens with zero attached hydrogens (tertiary/aromatic N) is 3. The smallest absolute Gasteiger partial charge is 0.323 e. The van der Waals surface area contributed by atoms with Gasteiger partial charge in [0.05, 0.1) is 33.4 Å². The summed E-state index contributed by atoms with van der Waals surface area (Å²) in [5.74, 6) is 2.19. The molecule has 0 aliphatic rings. The third-order valence-corrected chi connectivity index (χ3v) is 4.94. The number of methoxy groups -OCH3 is 3. The monoisotopic (exact) mass is 461 g/mol. The molecule has 0 fully saturated rings. The zero-order valence-electron chi connectivity index (χ0n) is 18.9. The van der Waals surface area contributed by atoms with Crippen LogP contribution in [0.4, 0.5) is 16.2 Å². The summed E-state index contributed by atoms with van der Waals surface area (Å²) < 4.78 is 21.4. The lowest BCUT2D eigenvalue weighted by Crippen LogP contribution is -2.20. The molecule has 0 aliphatic heterocycles. The van der Waals surface area contributed by atoms with E-state index in [0.717, 1.165) is 11.1 Å². The van der Waals surface area contributed by atoms with Gasteiger partial charge in [-0.2, -0.15) is 4.98 Å². The van der Waals surface area contributed by atoms with E-state index in [4.69, 9.17) is 18.7 Å². The van der Waals surface area contributed by atoms with Crippen molar-refractivity contribution in [2.45, 2.75) is 6.42 Å². The van der Waals surface area contributed by atoms with Gasteiger partial charge in [-0.25, -0.2) is 4.79 Å². The van der Waals surface area contributed by atoms with Crippen LogP contribution in [0.5, 0.6) is 17.2 Å². The second-order valence-corrected chi connectivity index (χ2v) is 7.07. The van der Waals surface area contributed by atoms with Crippen LogP contribution in [0.1, 0.15) is 11.5 Å². The van der Waals surface area contributed by atoms with Gasteiger partial charge in [0.25, 0.3) is 0 Å². The molecule has 0 saturated carbocycles. The van der Waals surface area contributed by atoms with E-state index in [2.05, 4.69) is 25.8 Å². The predicted molar refractivity (Wildman–Crippen MR) is 126 cm³/mol. The van der Waals surface area contributed by atoms with Crippen molar-refractivity contribution in [2.75, 3.05) is 32.0 Å². The molecule has 0 saturated heterocycles. The Morgan fingerprint density at radius 1 is 0.941 bits per heavy atom. The first-order chi connectivity index (χ1) is 16.6. The summed E-state index contributed by atoms with van der Waals surface area (Å²) in [7, 11) is 4.53. The number of ether oxygens (including phenoxy) is 3. The quantitative estimate of drug-likeness (QED) is 0.396. The number of pyridine rings is 1. The lowest BCUT2D eigenvalue weighted by atomic mass is 10.1. The third-order valence-electron chi connectivity index (χ3n) is 4.94. The van der Waals surface area contributed by atoms with Gasteiger partial charge < -0.3 is 29.4 Å². The normalized spacial score (nSPS) is 10.4. The average Bonchev–Trinajstić information content (AvgIpc) is 3.33. The number of aromatic nitrogens is 3. The van der Waals surface area contributed by atoms with E-state index in [-0.39, 0.29) is 0 Å². The number of nitrogens with one attached hydrogen (secondary N) is 2. The molecule has 2 N–H and O–H groups in total. The van der Waals surface area contributed by atoms with Crippen LogP contribution in [-0.4, -0.2) is 42.5 Å². The van der Waals surface area contributed by atoms with Gasteiger partial charge in [-0.05, 0) is 23.8 Å². The number of urea groups is 1. The number of anilines is 2. The minimum atomic E-state index is -0.440. The standard InChI is InChI=1S/C24H23N5O5/c1-31-19-13-17(14-20(32-2)22(19)33-3)26-24(30)27-18-7-5-4-6-16(18)12-21-28-23(29-34-21)15-8-10-25-11-9-15/h4-11,13-14H,12H2,1-3H3,(H2,26,27,30). The van der Waals surface area contributed by atoms with Gasteiger partial charge in [-0.15, -0.1) is 0 Å². The molecule has 0 atom stereocenters. The molecule has 4 aromatic rings. The largest absolute Gasteiger partial charge is 0.493 e. The van der Waals surface area contributed by atoms with Crippen LogP contribution < -0.4 is 24.8 Å². The van der Waals surface area contributed by atoms with Gasteiger partial charge in [-0.1, -0.05) is 23.4 Å². The number of hydrogen-bond donors (Lipinski definition) is 2. The lowest BCUT2D eigenvalue weighted by Gasteiger charge is -2.15. The molecular formula is C24H23N5O5. The van der Waals surface area contributed by atoms with E-state index >= 15 is 0 Å². The Hall–Kier alpha value is -4.60. The first kappa shape index (κ1) is 22.6. The van der Waals surface area contributed by atoms with Gasteiger partial charge in [0, 0.05) is 35.8 Å². The van der Waals surface area contributed by atoms with Crippen LogP contribution in [0.2, 0.25) is 0 Å². The number of carbonyl (C=O) groups excluding carboxylic acids is 1. The molecule has 10 heteroatoms. The molecule has 174 valence electrons. The lowest BCUT2D eigenvalue weighted by molar-refractivity contribution is 0.262. The summed E-state index contributed by atoms with van der Waals surface area (Å²) in [6.45, 7) is 0. The van der Waals surface area contributed by atoms with Crippen molar-refractivity contribution in [3.63, 3.8) is 0 Å². The van der Waals surface area contributed by atoms with Gasteiger partial charge >= 0.3 is 6.03 Å². The van der Waals surface area contributed by atoms with E-state index in [1.807, 2.05) is 18.2 Å². The van der Waals surface area contributed by atoms with Crippen molar-refractivity contribution >= 4 is 17.4 Å². The fourth-order valence-corrected chi connectivity index (χ4v) is 3.34. The molecule has 34 heavy (non-hydrogen) atoms. The highest BCUT2D eigenvalue weighted by atomic mass is 16.5. The molecule has 0 unspecified atom stereocenters. The molecule has 0 spiro atoms. The Morgan fingerprint density at radius 3 is 2.32 bits per heavy atom. The minimum Gasteiger partial charge on any atom is -0.493 e. The van der Waals surface area contributed by atoms with Crippen molar-refractivity contribution in [1.82, 2.24) is 15.1 Å². The molecule has 0 bridgehead atoms. The topological polar surface area (TPSA) is 121 Å². The maximum absolute atomic E-state index is 12.7. The average molecular weight is 461 g/mol. The molecular weight excluding hydrogens is 438 g/mol. The minimum absolute atomic E-state index is 0.346. The Labute approximate surface area is 195 Å². The number of carbonyl (C=O) groups is 1. The SMILES string of the molecule is COc1cc(NC(=O)Nc2ccccc2Cc2nc(-c3ccncc3)no2)cc(OC)c1OC. The van der Waals surface area contributed by atoms with Crippen LogP contribution in [0.25, 0.3) is 11.4 Å². The highest BCUT2D eigenvalue weighted by Gasteiger charge is 2.16. The number of hydrogen-bond acceptors (Lipinski definition) is 8. The first-order valence-electron chi connectivity index (χ1n) is 10.3. The van der Waals surface area contributed by atoms with E-state index in [1.165, 1.54) is 21.3 Å². The van der Waals surface area contributed by atoms with Gasteiger partial charge in [0.15, 0.2) is 11.5 Å². The Balaban J connectivity index is 1.49. The zero-order chi connectivity index (χ0) is 23.9. The van der Waals surface area contributed by atoms with Crippen LogP contribution >= 0.6 is 0 Å². The number of rotatable bonds is 8.